The maximum absolute atomic E-state index is 14.5. The van der Waals surface area contributed by atoms with E-state index in [-0.39, 0.29) is 52.8 Å². The van der Waals surface area contributed by atoms with E-state index in [1.807, 2.05) is 0 Å². The number of carbonyl (C=O) groups is 4. The summed E-state index contributed by atoms with van der Waals surface area (Å²) in [7, 11) is 0. The molecule has 0 spiro atoms. The minimum atomic E-state index is -0.757. The third kappa shape index (κ3) is 2.17. The Kier molecular flexibility index (Phi) is 3.77. The molecule has 0 atom stereocenters. The van der Waals surface area contributed by atoms with Gasteiger partial charge in [-0.05, 0) is 58.6 Å². The predicted octanol–water partition coefficient (Wildman–Crippen LogP) is 0.0824. The van der Waals surface area contributed by atoms with Crippen molar-refractivity contribution >= 4 is 35.0 Å². The van der Waals surface area contributed by atoms with Gasteiger partial charge in [0.2, 0.25) is 5.91 Å². The molecule has 3 aromatic rings. The average Bonchev–Trinajstić information content (AvgIpc) is 3.34. The van der Waals surface area contributed by atoms with Crippen molar-refractivity contribution in [2.75, 3.05) is 18.5 Å². The first-order valence-corrected chi connectivity index (χ1v) is 13.2. The first kappa shape index (κ1) is 22.3. The van der Waals surface area contributed by atoms with Gasteiger partial charge in [-0.2, -0.15) is 5.10 Å². The molecular weight excluding hydrogens is 521 g/mol. The third-order valence-corrected chi connectivity index (χ3v) is 10.8. The average molecular weight is 544 g/mol. The van der Waals surface area contributed by atoms with Crippen molar-refractivity contribution in [1.82, 2.24) is 25.2 Å². The Labute approximate surface area is 224 Å². The second-order valence-corrected chi connectivity index (χ2v) is 11.9. The van der Waals surface area contributed by atoms with Crippen LogP contribution in [0.1, 0.15) is 26.5 Å². The Morgan fingerprint density at radius 3 is 2.58 bits per heavy atom. The van der Waals surface area contributed by atoms with E-state index in [9.17, 15) is 23.6 Å². The monoisotopic (exact) mass is 543 g/mol. The second kappa shape index (κ2) is 6.77. The molecule has 0 bridgehead atoms. The zero-order chi connectivity index (χ0) is 27.3. The summed E-state index contributed by atoms with van der Waals surface area (Å²) in [6.45, 7) is 0.511. The number of nitrogens with zero attached hydrogens (tertiary/aromatic N) is 3. The van der Waals surface area contributed by atoms with E-state index in [1.54, 1.807) is 18.2 Å². The molecule has 6 fully saturated rings. The fraction of sp³-hybridized carbons (Fsp3) is 0.407. The van der Waals surface area contributed by atoms with E-state index < -0.39 is 17.6 Å². The van der Waals surface area contributed by atoms with Crippen LogP contribution in [0.5, 0.6) is 5.75 Å². The maximum atomic E-state index is 14.5. The highest BCUT2D eigenvalue weighted by molar-refractivity contribution is 5.99. The summed E-state index contributed by atoms with van der Waals surface area (Å²) in [5.41, 5.74) is 6.33. The van der Waals surface area contributed by atoms with Crippen LogP contribution in [0.3, 0.4) is 0 Å². The number of anilines is 1. The zero-order valence-electron chi connectivity index (χ0n) is 20.8. The number of amides is 4. The smallest absolute Gasteiger partial charge is 0.270 e. The Morgan fingerprint density at radius 2 is 1.85 bits per heavy atom. The highest BCUT2D eigenvalue weighted by Gasteiger charge is 3.10. The number of aromatic nitrogens is 3. The van der Waals surface area contributed by atoms with Crippen molar-refractivity contribution in [3.05, 3.63) is 53.2 Å². The zero-order valence-corrected chi connectivity index (χ0v) is 20.8. The first-order chi connectivity index (χ1) is 19.3. The van der Waals surface area contributed by atoms with Gasteiger partial charge in [-0.25, -0.2) is 13.9 Å². The van der Waals surface area contributed by atoms with Gasteiger partial charge >= 0.3 is 0 Å². The van der Waals surface area contributed by atoms with Crippen molar-refractivity contribution in [2.45, 2.75) is 6.54 Å². The van der Waals surface area contributed by atoms with E-state index in [0.29, 0.717) is 59.1 Å². The highest BCUT2D eigenvalue weighted by Crippen LogP contribution is 3.10. The number of hydrogen-bond acceptors (Lipinski definition) is 7. The minimum Gasteiger partial charge on any atom is -0.482 e. The molecule has 6 aliphatic carbocycles. The third-order valence-electron chi connectivity index (χ3n) is 10.8. The van der Waals surface area contributed by atoms with Gasteiger partial charge < -0.3 is 26.4 Å². The standard InChI is InChI=1S/C27H22FN7O5/c28-10-6-32-35-13(24(38)31-8-26-16-19-17(26)21-18(26)20(16)27(19,21)25(29)39)4-12(34-22(10)35)23(37)30-5-9-1-2-14-11(3-9)33-15(36)7-40-14/h1-4,6,16-21H,5,7-8H2,(H2,29,39)(H,30,37)(H,31,38)(H,33,36). The molecule has 40 heavy (non-hydrogen) atoms. The fourth-order valence-corrected chi connectivity index (χ4v) is 9.65. The highest BCUT2D eigenvalue weighted by atomic mass is 19.1. The number of ether oxygens (including phenoxy) is 1. The number of halogens is 1. The van der Waals surface area contributed by atoms with Crippen LogP contribution >= 0.6 is 0 Å². The summed E-state index contributed by atoms with van der Waals surface area (Å²) in [6, 6.07) is 6.43. The number of benzene rings is 1. The van der Waals surface area contributed by atoms with Crippen LogP contribution in [-0.4, -0.2) is 51.4 Å². The Morgan fingerprint density at radius 1 is 1.10 bits per heavy atom. The lowest BCUT2D eigenvalue weighted by Gasteiger charge is -3.10. The molecule has 10 rings (SSSR count). The molecule has 6 saturated carbocycles. The molecule has 1 aromatic carbocycles. The van der Waals surface area contributed by atoms with Gasteiger partial charge in [-0.3, -0.25) is 19.2 Å². The molecule has 0 saturated heterocycles. The largest absolute Gasteiger partial charge is 0.482 e. The van der Waals surface area contributed by atoms with Gasteiger partial charge in [0.05, 0.1) is 17.3 Å². The molecule has 0 radical (unpaired) electrons. The lowest BCUT2D eigenvalue weighted by atomic mass is 8.92. The molecule has 13 heteroatoms. The minimum absolute atomic E-state index is 0.00165. The van der Waals surface area contributed by atoms with E-state index in [4.69, 9.17) is 10.5 Å². The van der Waals surface area contributed by atoms with Crippen LogP contribution in [0.2, 0.25) is 0 Å². The number of fused-ring (bicyclic) bond motifs is 2. The molecule has 12 nitrogen and oxygen atoms in total. The molecular formula is C27H22FN7O5. The van der Waals surface area contributed by atoms with Gasteiger partial charge in [-0.15, -0.1) is 0 Å². The van der Waals surface area contributed by atoms with E-state index in [2.05, 4.69) is 26.0 Å². The quantitative estimate of drug-likeness (QED) is 0.327. The number of carbonyl (C=O) groups excluding carboxylic acids is 4. The molecule has 3 heterocycles. The molecule has 4 amide bonds. The van der Waals surface area contributed by atoms with Gasteiger partial charge in [0.1, 0.15) is 17.1 Å². The second-order valence-electron chi connectivity index (χ2n) is 11.9. The summed E-state index contributed by atoms with van der Waals surface area (Å²) < 4.78 is 20.9. The van der Waals surface area contributed by atoms with Gasteiger partial charge in [0.25, 0.3) is 17.7 Å². The van der Waals surface area contributed by atoms with Crippen molar-refractivity contribution in [2.24, 2.45) is 52.1 Å². The predicted molar refractivity (Wildman–Crippen MR) is 132 cm³/mol. The van der Waals surface area contributed by atoms with E-state index >= 15 is 0 Å². The Hall–Kier alpha value is -4.55. The summed E-state index contributed by atoms with van der Waals surface area (Å²) in [4.78, 5) is 54.0. The summed E-state index contributed by atoms with van der Waals surface area (Å²) in [5, 5.41) is 12.4. The fourth-order valence-electron chi connectivity index (χ4n) is 9.65. The molecule has 7 aliphatic rings. The van der Waals surface area contributed by atoms with Crippen molar-refractivity contribution < 1.29 is 28.3 Å². The molecule has 1 aliphatic heterocycles. The Bertz CT molecular complexity index is 1710. The lowest BCUT2D eigenvalue weighted by molar-refractivity contribution is -0.638. The van der Waals surface area contributed by atoms with Crippen LogP contribution in [0.15, 0.2) is 30.5 Å². The van der Waals surface area contributed by atoms with Gasteiger partial charge in [0, 0.05) is 19.2 Å². The van der Waals surface area contributed by atoms with Crippen LogP contribution in [0.25, 0.3) is 5.65 Å². The number of rotatable bonds is 7. The van der Waals surface area contributed by atoms with Gasteiger partial charge in [-0.1, -0.05) is 6.07 Å². The van der Waals surface area contributed by atoms with Crippen molar-refractivity contribution in [3.8, 4) is 5.75 Å². The molecule has 5 N–H and O–H groups in total. The maximum Gasteiger partial charge on any atom is 0.270 e. The molecule has 2 aromatic heterocycles. The van der Waals surface area contributed by atoms with E-state index in [1.165, 1.54) is 6.07 Å². The summed E-state index contributed by atoms with van der Waals surface area (Å²) >= 11 is 0. The summed E-state index contributed by atoms with van der Waals surface area (Å²) in [6.07, 6.45) is 0.950. The number of primary amides is 1. The molecule has 202 valence electrons. The summed E-state index contributed by atoms with van der Waals surface area (Å²) in [5.74, 6) is 0.747. The van der Waals surface area contributed by atoms with Crippen LogP contribution in [-0.2, 0) is 16.1 Å². The molecule has 0 unspecified atom stereocenters. The number of nitrogens with one attached hydrogen (secondary N) is 3. The van der Waals surface area contributed by atoms with Crippen LogP contribution < -0.4 is 26.4 Å². The lowest BCUT2D eigenvalue weighted by Crippen LogP contribution is -3.12. The Balaban J connectivity index is 0.923. The van der Waals surface area contributed by atoms with E-state index in [0.717, 1.165) is 10.7 Å². The van der Waals surface area contributed by atoms with Crippen LogP contribution in [0, 0.1) is 52.2 Å². The number of nitrogens with two attached hydrogens (primary N) is 1. The van der Waals surface area contributed by atoms with Crippen LogP contribution in [0.4, 0.5) is 10.1 Å². The normalized spacial score (nSPS) is 35.8. The van der Waals surface area contributed by atoms with Gasteiger partial charge in [0.15, 0.2) is 18.1 Å². The first-order valence-electron chi connectivity index (χ1n) is 13.2. The van der Waals surface area contributed by atoms with Crippen molar-refractivity contribution in [3.63, 3.8) is 0 Å². The number of hydrogen-bond donors (Lipinski definition) is 4. The topological polar surface area (TPSA) is 170 Å². The SMILES string of the molecule is NC(=O)C12C3C4C1C1C2C3C41CNC(=O)c1cc(C(=O)NCc2ccc3c(c2)NC(=O)CO3)nc2c(F)cnn12. The van der Waals surface area contributed by atoms with Crippen molar-refractivity contribution in [1.29, 1.82) is 0 Å².